The molecule has 0 amide bonds. The third-order valence-electron chi connectivity index (χ3n) is 8.13. The highest BCUT2D eigenvalue weighted by Gasteiger charge is 2.05. The summed E-state index contributed by atoms with van der Waals surface area (Å²) in [4.78, 5) is 8.15. The molecule has 0 N–H and O–H groups in total. The van der Waals surface area contributed by atoms with Gasteiger partial charge in [-0.1, -0.05) is 90.0 Å². The number of rotatable bonds is 4. The predicted octanol–water partition coefficient (Wildman–Crippen LogP) is 11.8. The molecule has 248 valence electrons. The molecule has 48 heavy (non-hydrogen) atoms. The van der Waals surface area contributed by atoms with Crippen molar-refractivity contribution in [2.45, 2.75) is 79.1 Å². The number of hydrogen-bond acceptors (Lipinski definition) is 8. The molecule has 0 saturated heterocycles. The first kappa shape index (κ1) is 34.1. The van der Waals surface area contributed by atoms with Crippen LogP contribution in [0.1, 0.15) is 101 Å². The average molecular weight is 645 g/mol. The van der Waals surface area contributed by atoms with E-state index in [2.05, 4.69) is 112 Å². The Morgan fingerprint density at radius 3 is 1.56 bits per heavy atom. The van der Waals surface area contributed by atoms with E-state index in [0.717, 1.165) is 44.1 Å². The van der Waals surface area contributed by atoms with Crippen molar-refractivity contribution in [1.82, 2.24) is 20.3 Å². The molecule has 8 heteroatoms. The first-order valence-corrected chi connectivity index (χ1v) is 16.4. The number of hydrogen-bond donors (Lipinski definition) is 0. The summed E-state index contributed by atoms with van der Waals surface area (Å²) >= 11 is 0. The van der Waals surface area contributed by atoms with Crippen molar-refractivity contribution in [3.8, 4) is 0 Å². The first-order valence-electron chi connectivity index (χ1n) is 16.4. The second-order valence-corrected chi connectivity index (χ2v) is 13.0. The Morgan fingerprint density at radius 2 is 0.896 bits per heavy atom. The monoisotopic (exact) mass is 644 g/mol. The molecule has 0 aliphatic rings. The lowest BCUT2D eigenvalue weighted by atomic mass is 10.0. The van der Waals surface area contributed by atoms with Gasteiger partial charge in [-0.2, -0.15) is 0 Å². The largest absolute Gasteiger partial charge is 0.443 e. The Balaban J connectivity index is 0.000000125. The molecule has 8 nitrogen and oxygen atoms in total. The second kappa shape index (κ2) is 15.6. The zero-order valence-corrected chi connectivity index (χ0v) is 29.0. The van der Waals surface area contributed by atoms with Crippen LogP contribution in [0, 0.1) is 0 Å². The summed E-state index contributed by atoms with van der Waals surface area (Å²) in [5.74, 6) is 2.19. The molecule has 0 spiro atoms. The highest BCUT2D eigenvalue weighted by atomic mass is 16.5. The van der Waals surface area contributed by atoms with Crippen molar-refractivity contribution in [1.29, 1.82) is 0 Å². The lowest BCUT2D eigenvalue weighted by molar-refractivity contribution is 0.456. The summed E-state index contributed by atoms with van der Waals surface area (Å²) in [5.41, 5.74) is 10.6. The molecule has 8 rings (SSSR count). The van der Waals surface area contributed by atoms with E-state index in [4.69, 9.17) is 17.9 Å². The normalized spacial score (nSPS) is 11.2. The first-order chi connectivity index (χ1) is 23.1. The van der Waals surface area contributed by atoms with Crippen LogP contribution in [-0.2, 0) is 0 Å². The molecule has 0 atom stereocenters. The Labute approximate surface area is 281 Å². The van der Waals surface area contributed by atoms with E-state index in [1.807, 2.05) is 36.4 Å². The van der Waals surface area contributed by atoms with Crippen molar-refractivity contribution >= 4 is 44.1 Å². The highest BCUT2D eigenvalue weighted by molar-refractivity contribution is 5.77. The summed E-state index contributed by atoms with van der Waals surface area (Å²) in [5, 5.41) is 9.61. The fraction of sp³-hybridized carbons (Fsp3) is 0.300. The van der Waals surface area contributed by atoms with Crippen LogP contribution in [0.2, 0.25) is 0 Å². The van der Waals surface area contributed by atoms with Gasteiger partial charge in [-0.25, -0.2) is 9.97 Å². The van der Waals surface area contributed by atoms with Crippen LogP contribution in [-0.4, -0.2) is 20.3 Å². The molecule has 4 aromatic heterocycles. The van der Waals surface area contributed by atoms with Crippen LogP contribution in [0.15, 0.2) is 116 Å². The summed E-state index contributed by atoms with van der Waals surface area (Å²) in [6, 6.07) is 24.6. The average Bonchev–Trinajstić information content (AvgIpc) is 3.91. The predicted molar refractivity (Wildman–Crippen MR) is 192 cm³/mol. The van der Waals surface area contributed by atoms with Gasteiger partial charge in [0.25, 0.3) is 0 Å². The molecule has 0 unspecified atom stereocenters. The van der Waals surface area contributed by atoms with E-state index < -0.39 is 0 Å². The van der Waals surface area contributed by atoms with Crippen LogP contribution in [0.3, 0.4) is 0 Å². The van der Waals surface area contributed by atoms with E-state index in [0.29, 0.717) is 23.7 Å². The minimum Gasteiger partial charge on any atom is -0.443 e. The van der Waals surface area contributed by atoms with E-state index >= 15 is 0 Å². The number of aromatic nitrogens is 4. The fourth-order valence-electron chi connectivity index (χ4n) is 4.95. The molecule has 0 aliphatic carbocycles. The lowest BCUT2D eigenvalue weighted by Crippen LogP contribution is -1.85. The van der Waals surface area contributed by atoms with Gasteiger partial charge in [0, 0.05) is 10.8 Å². The van der Waals surface area contributed by atoms with E-state index in [1.54, 1.807) is 12.4 Å². The van der Waals surface area contributed by atoms with Crippen molar-refractivity contribution in [3.63, 3.8) is 0 Å². The van der Waals surface area contributed by atoms with Gasteiger partial charge >= 0.3 is 0 Å². The molecule has 0 aliphatic heterocycles. The quantitative estimate of drug-likeness (QED) is 0.186. The van der Waals surface area contributed by atoms with Gasteiger partial charge in [-0.3, -0.25) is 0 Å². The molecule has 4 aromatic carbocycles. The van der Waals surface area contributed by atoms with Crippen LogP contribution in [0.25, 0.3) is 44.1 Å². The minimum absolute atomic E-state index is 0.541. The highest BCUT2D eigenvalue weighted by Crippen LogP contribution is 2.23. The summed E-state index contributed by atoms with van der Waals surface area (Å²) in [6.07, 6.45) is 6.45. The number of nitrogens with zero attached hydrogens (tertiary/aromatic N) is 4. The summed E-state index contributed by atoms with van der Waals surface area (Å²) in [6.45, 7) is 17.3. The topological polar surface area (TPSA) is 104 Å². The Bertz CT molecular complexity index is 1870. The Morgan fingerprint density at radius 1 is 0.417 bits per heavy atom. The van der Waals surface area contributed by atoms with Gasteiger partial charge in [0.05, 0.1) is 12.4 Å². The summed E-state index contributed by atoms with van der Waals surface area (Å²) in [7, 11) is 0. The molecule has 4 heterocycles. The van der Waals surface area contributed by atoms with Crippen molar-refractivity contribution in [2.24, 2.45) is 0 Å². The van der Waals surface area contributed by atoms with Crippen LogP contribution < -0.4 is 0 Å². The zero-order chi connectivity index (χ0) is 34.2. The molecule has 8 aromatic rings. The third kappa shape index (κ3) is 8.56. The SMILES string of the molecule is CC(C)c1ccc2cnoc2c1.CC(C)c1ccc2ncoc2c1.CC(C)c1ccc2ocnc2c1.CC(C)c1ccc2oncc2c1. The molecule has 0 saturated carbocycles. The molecule has 0 fully saturated rings. The Kier molecular flexibility index (Phi) is 11.1. The van der Waals surface area contributed by atoms with Crippen molar-refractivity contribution in [2.75, 3.05) is 0 Å². The number of oxazole rings is 2. The fourth-order valence-corrected chi connectivity index (χ4v) is 4.95. The smallest absolute Gasteiger partial charge is 0.181 e. The molecular weight excluding hydrogens is 600 g/mol. The third-order valence-corrected chi connectivity index (χ3v) is 8.13. The van der Waals surface area contributed by atoms with Gasteiger partial charge in [-0.05, 0) is 94.5 Å². The molecular formula is C40H44N4O4. The maximum absolute atomic E-state index is 5.20. The minimum atomic E-state index is 0.541. The Hall–Kier alpha value is -5.24. The van der Waals surface area contributed by atoms with Crippen LogP contribution in [0.4, 0.5) is 0 Å². The van der Waals surface area contributed by atoms with E-state index in [9.17, 15) is 0 Å². The van der Waals surface area contributed by atoms with Gasteiger partial charge in [-0.15, -0.1) is 0 Å². The van der Waals surface area contributed by atoms with Gasteiger partial charge < -0.3 is 17.9 Å². The van der Waals surface area contributed by atoms with Gasteiger partial charge in [0.15, 0.2) is 35.1 Å². The lowest BCUT2D eigenvalue weighted by Gasteiger charge is -2.02. The zero-order valence-electron chi connectivity index (χ0n) is 29.0. The van der Waals surface area contributed by atoms with Crippen molar-refractivity contribution in [3.05, 3.63) is 120 Å². The van der Waals surface area contributed by atoms with E-state index in [-0.39, 0.29) is 0 Å². The summed E-state index contributed by atoms with van der Waals surface area (Å²) < 4.78 is 20.4. The number of fused-ring (bicyclic) bond motifs is 4. The number of benzene rings is 4. The van der Waals surface area contributed by atoms with Gasteiger partial charge in [0.1, 0.15) is 11.0 Å². The van der Waals surface area contributed by atoms with E-state index in [1.165, 1.54) is 35.0 Å². The van der Waals surface area contributed by atoms with Crippen molar-refractivity contribution < 1.29 is 17.9 Å². The maximum Gasteiger partial charge on any atom is 0.181 e. The maximum atomic E-state index is 5.20. The molecule has 0 bridgehead atoms. The van der Waals surface area contributed by atoms with Crippen LogP contribution in [0.5, 0.6) is 0 Å². The molecule has 0 radical (unpaired) electrons. The van der Waals surface area contributed by atoms with Crippen LogP contribution >= 0.6 is 0 Å². The standard InChI is InChI=1S/4C10H11NO/c1-7(2)8-3-4-10-9(5-8)11-6-12-10;1-7(2)8-3-4-10-9(5-8)6-11-12-10;1-7(2)8-3-4-9-10(5-8)12-6-11-9;1-7(2)8-3-4-9-6-11-12-10(9)5-8/h4*3-7H,1-2H3. The van der Waals surface area contributed by atoms with Gasteiger partial charge in [0.2, 0.25) is 0 Å². The second-order valence-electron chi connectivity index (χ2n) is 13.0.